The first-order valence-electron chi connectivity index (χ1n) is 9.11. The zero-order chi connectivity index (χ0) is 17.5. The van der Waals surface area contributed by atoms with E-state index >= 15 is 0 Å². The number of aryl methyl sites for hydroxylation is 1. The number of hydrogen-bond acceptors (Lipinski definition) is 3. The van der Waals surface area contributed by atoms with Crippen LogP contribution in [0.4, 0.5) is 0 Å². The molecule has 0 aliphatic heterocycles. The van der Waals surface area contributed by atoms with Crippen LogP contribution < -0.4 is 10.1 Å². The number of ether oxygens (including phenoxy) is 2. The molecule has 0 unspecified atom stereocenters. The summed E-state index contributed by atoms with van der Waals surface area (Å²) in [6.45, 7) is 7.53. The highest BCUT2D eigenvalue weighted by molar-refractivity contribution is 5.96. The monoisotopic (exact) mass is 333 g/mol. The molecule has 0 aromatic heterocycles. The molecule has 2 rings (SSSR count). The van der Waals surface area contributed by atoms with Gasteiger partial charge < -0.3 is 14.8 Å². The standard InChI is InChI=1S/C20H31NO3/c1-14(2)17-13-18(15(3)12-19(17)23-4)20(22)21-10-7-11-24-16-8-5-6-9-16/h12-14,16H,5-11H2,1-4H3,(H,21,22). The summed E-state index contributed by atoms with van der Waals surface area (Å²) in [5.41, 5.74) is 2.74. The lowest BCUT2D eigenvalue weighted by molar-refractivity contribution is 0.0565. The molecule has 1 aromatic rings. The van der Waals surface area contributed by atoms with Crippen molar-refractivity contribution >= 4 is 5.91 Å². The quantitative estimate of drug-likeness (QED) is 0.725. The molecule has 0 atom stereocenters. The van der Waals surface area contributed by atoms with Crippen molar-refractivity contribution < 1.29 is 14.3 Å². The highest BCUT2D eigenvalue weighted by Crippen LogP contribution is 2.29. The molecule has 0 bridgehead atoms. The number of nitrogens with one attached hydrogen (secondary N) is 1. The van der Waals surface area contributed by atoms with Gasteiger partial charge in [-0.25, -0.2) is 0 Å². The Bertz CT molecular complexity index is 548. The van der Waals surface area contributed by atoms with E-state index in [1.807, 2.05) is 19.1 Å². The van der Waals surface area contributed by atoms with Crippen LogP contribution in [0.2, 0.25) is 0 Å². The van der Waals surface area contributed by atoms with Gasteiger partial charge in [0, 0.05) is 18.7 Å². The molecule has 0 heterocycles. The minimum Gasteiger partial charge on any atom is -0.496 e. The Morgan fingerprint density at radius 3 is 2.62 bits per heavy atom. The van der Waals surface area contributed by atoms with Crippen molar-refractivity contribution in [3.8, 4) is 5.75 Å². The van der Waals surface area contributed by atoms with Gasteiger partial charge in [-0.15, -0.1) is 0 Å². The van der Waals surface area contributed by atoms with Crippen LogP contribution in [-0.2, 0) is 4.74 Å². The van der Waals surface area contributed by atoms with Gasteiger partial charge in [0.2, 0.25) is 0 Å². The Kier molecular flexibility index (Phi) is 7.10. The highest BCUT2D eigenvalue weighted by Gasteiger charge is 2.16. The molecule has 0 radical (unpaired) electrons. The maximum atomic E-state index is 12.5. The van der Waals surface area contributed by atoms with Crippen molar-refractivity contribution in [3.05, 3.63) is 28.8 Å². The van der Waals surface area contributed by atoms with Crippen LogP contribution in [0.25, 0.3) is 0 Å². The number of rotatable bonds is 8. The molecule has 4 heteroatoms. The molecular formula is C20H31NO3. The summed E-state index contributed by atoms with van der Waals surface area (Å²) >= 11 is 0. The van der Waals surface area contributed by atoms with Crippen LogP contribution in [0.15, 0.2) is 12.1 Å². The number of carbonyl (C=O) groups excluding carboxylic acids is 1. The number of carbonyl (C=O) groups is 1. The minimum absolute atomic E-state index is 0.0158. The van der Waals surface area contributed by atoms with Crippen LogP contribution in [-0.4, -0.2) is 32.3 Å². The second-order valence-corrected chi connectivity index (χ2v) is 6.95. The van der Waals surface area contributed by atoms with Crippen LogP contribution in [0, 0.1) is 6.92 Å². The Labute approximate surface area is 145 Å². The van der Waals surface area contributed by atoms with Crippen molar-refractivity contribution in [1.29, 1.82) is 0 Å². The number of benzene rings is 1. The summed E-state index contributed by atoms with van der Waals surface area (Å²) in [5, 5.41) is 3.01. The fourth-order valence-electron chi connectivity index (χ4n) is 3.25. The normalized spacial score (nSPS) is 15.0. The number of methoxy groups -OCH3 is 1. The van der Waals surface area contributed by atoms with Crippen LogP contribution in [0.3, 0.4) is 0 Å². The minimum atomic E-state index is -0.0158. The molecule has 4 nitrogen and oxygen atoms in total. The van der Waals surface area contributed by atoms with E-state index in [2.05, 4.69) is 19.2 Å². The third kappa shape index (κ3) is 4.97. The lowest BCUT2D eigenvalue weighted by Gasteiger charge is -2.16. The molecule has 1 N–H and O–H groups in total. The van der Waals surface area contributed by atoms with Crippen LogP contribution in [0.1, 0.15) is 73.4 Å². The molecule has 1 aliphatic carbocycles. The molecule has 134 valence electrons. The summed E-state index contributed by atoms with van der Waals surface area (Å²) in [6.07, 6.45) is 6.25. The Hall–Kier alpha value is -1.55. The Morgan fingerprint density at radius 1 is 1.29 bits per heavy atom. The molecule has 1 amide bonds. The Balaban J connectivity index is 1.85. The van der Waals surface area contributed by atoms with E-state index in [1.54, 1.807) is 7.11 Å². The third-order valence-corrected chi connectivity index (χ3v) is 4.71. The topological polar surface area (TPSA) is 47.6 Å². The van der Waals surface area contributed by atoms with Crippen molar-refractivity contribution in [1.82, 2.24) is 5.32 Å². The molecule has 1 saturated carbocycles. The molecule has 1 aromatic carbocycles. The largest absolute Gasteiger partial charge is 0.496 e. The number of hydrogen-bond donors (Lipinski definition) is 1. The maximum absolute atomic E-state index is 12.5. The van der Waals surface area contributed by atoms with Gasteiger partial charge in [0.1, 0.15) is 5.75 Å². The summed E-state index contributed by atoms with van der Waals surface area (Å²) in [6, 6.07) is 3.91. The van der Waals surface area contributed by atoms with Crippen molar-refractivity contribution in [3.63, 3.8) is 0 Å². The van der Waals surface area contributed by atoms with E-state index in [9.17, 15) is 4.79 Å². The van der Waals surface area contributed by atoms with Gasteiger partial charge in [-0.1, -0.05) is 26.7 Å². The van der Waals surface area contributed by atoms with Gasteiger partial charge in [-0.05, 0) is 55.4 Å². The van der Waals surface area contributed by atoms with Crippen molar-refractivity contribution in [2.75, 3.05) is 20.3 Å². The van der Waals surface area contributed by atoms with Crippen molar-refractivity contribution in [2.24, 2.45) is 0 Å². The summed E-state index contributed by atoms with van der Waals surface area (Å²) in [4.78, 5) is 12.5. The van der Waals surface area contributed by atoms with Gasteiger partial charge in [0.25, 0.3) is 5.91 Å². The summed E-state index contributed by atoms with van der Waals surface area (Å²) in [5.74, 6) is 1.15. The first kappa shape index (κ1) is 18.8. The van der Waals surface area contributed by atoms with E-state index in [0.717, 1.165) is 35.5 Å². The highest BCUT2D eigenvalue weighted by atomic mass is 16.5. The second-order valence-electron chi connectivity index (χ2n) is 6.95. The van der Waals surface area contributed by atoms with Gasteiger partial charge >= 0.3 is 0 Å². The van der Waals surface area contributed by atoms with Gasteiger partial charge in [-0.3, -0.25) is 4.79 Å². The molecule has 24 heavy (non-hydrogen) atoms. The predicted octanol–water partition coefficient (Wildman–Crippen LogP) is 4.21. The maximum Gasteiger partial charge on any atom is 0.251 e. The molecular weight excluding hydrogens is 302 g/mol. The average Bonchev–Trinajstić information content (AvgIpc) is 3.07. The van der Waals surface area contributed by atoms with Gasteiger partial charge in [-0.2, -0.15) is 0 Å². The zero-order valence-electron chi connectivity index (χ0n) is 15.5. The molecule has 1 fully saturated rings. The zero-order valence-corrected chi connectivity index (χ0v) is 15.5. The average molecular weight is 333 g/mol. The molecule has 1 aliphatic rings. The fourth-order valence-corrected chi connectivity index (χ4v) is 3.25. The van der Waals surface area contributed by atoms with E-state index in [4.69, 9.17) is 9.47 Å². The molecule has 0 saturated heterocycles. The fraction of sp³-hybridized carbons (Fsp3) is 0.650. The van der Waals surface area contributed by atoms with E-state index in [-0.39, 0.29) is 5.91 Å². The lowest BCUT2D eigenvalue weighted by Crippen LogP contribution is -2.26. The van der Waals surface area contributed by atoms with Gasteiger partial charge in [0.05, 0.1) is 13.2 Å². The third-order valence-electron chi connectivity index (χ3n) is 4.71. The lowest BCUT2D eigenvalue weighted by atomic mass is 9.96. The van der Waals surface area contributed by atoms with E-state index < -0.39 is 0 Å². The first-order chi connectivity index (χ1) is 11.5. The van der Waals surface area contributed by atoms with Crippen LogP contribution in [0.5, 0.6) is 5.75 Å². The summed E-state index contributed by atoms with van der Waals surface area (Å²) in [7, 11) is 1.67. The van der Waals surface area contributed by atoms with E-state index in [0.29, 0.717) is 18.6 Å². The van der Waals surface area contributed by atoms with E-state index in [1.165, 1.54) is 25.7 Å². The summed E-state index contributed by atoms with van der Waals surface area (Å²) < 4.78 is 11.3. The van der Waals surface area contributed by atoms with Crippen molar-refractivity contribution in [2.45, 2.75) is 64.9 Å². The smallest absolute Gasteiger partial charge is 0.251 e. The number of amides is 1. The predicted molar refractivity (Wildman–Crippen MR) is 97.0 cm³/mol. The Morgan fingerprint density at radius 2 is 2.00 bits per heavy atom. The van der Waals surface area contributed by atoms with Gasteiger partial charge in [0.15, 0.2) is 0 Å². The SMILES string of the molecule is COc1cc(C)c(C(=O)NCCCOC2CCCC2)cc1C(C)C. The van der Waals surface area contributed by atoms with Crippen LogP contribution >= 0.6 is 0 Å². The first-order valence-corrected chi connectivity index (χ1v) is 9.11. The molecule has 0 spiro atoms. The second kappa shape index (κ2) is 9.07.